The lowest BCUT2D eigenvalue weighted by Crippen LogP contribution is -2.30. The number of anilines is 1. The highest BCUT2D eigenvalue weighted by Gasteiger charge is 2.08. The molecule has 0 unspecified atom stereocenters. The molecule has 0 saturated carbocycles. The van der Waals surface area contributed by atoms with Gasteiger partial charge in [0.25, 0.3) is 5.69 Å². The van der Waals surface area contributed by atoms with E-state index in [1.54, 1.807) is 24.3 Å². The van der Waals surface area contributed by atoms with Crippen LogP contribution in [-0.2, 0) is 6.42 Å². The van der Waals surface area contributed by atoms with Gasteiger partial charge in [0.1, 0.15) is 17.3 Å². The van der Waals surface area contributed by atoms with E-state index in [1.807, 2.05) is 30.3 Å². The summed E-state index contributed by atoms with van der Waals surface area (Å²) in [7, 11) is 0. The molecule has 0 saturated heterocycles. The second-order valence-electron chi connectivity index (χ2n) is 6.98. The standard InChI is InChI=1S/C23H20N6O4/c30-23(24-14-13-21-26-22(28-27-21)16-5-2-1-3-6-16)25-17-7-4-8-20(15-17)33-19-11-9-18(10-12-19)29(31)32/h1-12,15H,13-14H2,(H2,24,25,30)(H,26,27,28). The van der Waals surface area contributed by atoms with E-state index in [2.05, 4.69) is 25.8 Å². The first-order chi connectivity index (χ1) is 16.1. The third kappa shape index (κ3) is 5.91. The summed E-state index contributed by atoms with van der Waals surface area (Å²) in [4.78, 5) is 26.9. The summed E-state index contributed by atoms with van der Waals surface area (Å²) in [5.74, 6) is 2.22. The SMILES string of the molecule is O=C(NCCc1nc(-c2ccccc2)n[nH]1)Nc1cccc(Oc2ccc([N+](=O)[O-])cc2)c1. The summed E-state index contributed by atoms with van der Waals surface area (Å²) in [6, 6.07) is 21.8. The summed E-state index contributed by atoms with van der Waals surface area (Å²) >= 11 is 0. The molecular weight excluding hydrogens is 424 g/mol. The van der Waals surface area contributed by atoms with Crippen molar-refractivity contribution in [3.05, 3.63) is 94.8 Å². The number of aromatic nitrogens is 3. The van der Waals surface area contributed by atoms with Crippen molar-refractivity contribution in [1.82, 2.24) is 20.5 Å². The van der Waals surface area contributed by atoms with Crippen molar-refractivity contribution in [1.29, 1.82) is 0 Å². The van der Waals surface area contributed by atoms with Gasteiger partial charge in [0.2, 0.25) is 0 Å². The maximum atomic E-state index is 12.2. The molecule has 0 aliphatic carbocycles. The Hall–Kier alpha value is -4.73. The molecule has 0 radical (unpaired) electrons. The zero-order valence-electron chi connectivity index (χ0n) is 17.4. The van der Waals surface area contributed by atoms with E-state index in [1.165, 1.54) is 24.3 Å². The Bertz CT molecular complexity index is 1240. The van der Waals surface area contributed by atoms with E-state index in [0.29, 0.717) is 41.8 Å². The number of ether oxygens (including phenoxy) is 1. The average Bonchev–Trinajstić information content (AvgIpc) is 3.29. The van der Waals surface area contributed by atoms with Crippen LogP contribution in [0.15, 0.2) is 78.9 Å². The first kappa shape index (κ1) is 21.5. The fraction of sp³-hybridized carbons (Fsp3) is 0.0870. The van der Waals surface area contributed by atoms with E-state index in [4.69, 9.17) is 4.74 Å². The second-order valence-corrected chi connectivity index (χ2v) is 6.98. The molecule has 3 N–H and O–H groups in total. The van der Waals surface area contributed by atoms with Crippen LogP contribution in [0.3, 0.4) is 0 Å². The molecule has 3 aromatic carbocycles. The topological polar surface area (TPSA) is 135 Å². The Morgan fingerprint density at radius 3 is 2.55 bits per heavy atom. The van der Waals surface area contributed by atoms with Crippen LogP contribution in [0.1, 0.15) is 5.82 Å². The van der Waals surface area contributed by atoms with E-state index in [0.717, 1.165) is 5.56 Å². The molecule has 0 spiro atoms. The summed E-state index contributed by atoms with van der Waals surface area (Å²) in [5.41, 5.74) is 1.44. The van der Waals surface area contributed by atoms with Gasteiger partial charge < -0.3 is 15.4 Å². The lowest BCUT2D eigenvalue weighted by atomic mass is 10.2. The molecule has 0 fully saturated rings. The summed E-state index contributed by atoms with van der Waals surface area (Å²) in [6.07, 6.45) is 0.497. The maximum Gasteiger partial charge on any atom is 0.319 e. The van der Waals surface area contributed by atoms with Gasteiger partial charge in [-0.1, -0.05) is 36.4 Å². The largest absolute Gasteiger partial charge is 0.457 e. The minimum absolute atomic E-state index is 0.0175. The Morgan fingerprint density at radius 1 is 1.00 bits per heavy atom. The number of H-pyrrole nitrogens is 1. The van der Waals surface area contributed by atoms with Crippen molar-refractivity contribution in [2.45, 2.75) is 6.42 Å². The van der Waals surface area contributed by atoms with E-state index in [-0.39, 0.29) is 11.7 Å². The van der Waals surface area contributed by atoms with Gasteiger partial charge in [0, 0.05) is 42.4 Å². The monoisotopic (exact) mass is 444 g/mol. The van der Waals surface area contributed by atoms with Crippen molar-refractivity contribution in [3.63, 3.8) is 0 Å². The molecule has 1 aromatic heterocycles. The minimum Gasteiger partial charge on any atom is -0.457 e. The highest BCUT2D eigenvalue weighted by atomic mass is 16.6. The highest BCUT2D eigenvalue weighted by Crippen LogP contribution is 2.25. The van der Waals surface area contributed by atoms with Crippen LogP contribution in [0.2, 0.25) is 0 Å². The third-order valence-corrected chi connectivity index (χ3v) is 4.59. The van der Waals surface area contributed by atoms with Crippen LogP contribution in [0.4, 0.5) is 16.2 Å². The fourth-order valence-electron chi connectivity index (χ4n) is 3.00. The number of hydrogen-bond donors (Lipinski definition) is 3. The van der Waals surface area contributed by atoms with E-state index < -0.39 is 4.92 Å². The van der Waals surface area contributed by atoms with Gasteiger partial charge in [0.15, 0.2) is 5.82 Å². The molecule has 166 valence electrons. The number of aromatic amines is 1. The third-order valence-electron chi connectivity index (χ3n) is 4.59. The van der Waals surface area contributed by atoms with Crippen molar-refractivity contribution < 1.29 is 14.5 Å². The summed E-state index contributed by atoms with van der Waals surface area (Å²) < 4.78 is 5.70. The zero-order valence-corrected chi connectivity index (χ0v) is 17.4. The van der Waals surface area contributed by atoms with Gasteiger partial charge in [-0.3, -0.25) is 15.2 Å². The highest BCUT2D eigenvalue weighted by molar-refractivity contribution is 5.89. The van der Waals surface area contributed by atoms with Crippen LogP contribution in [0.25, 0.3) is 11.4 Å². The number of amides is 2. The van der Waals surface area contributed by atoms with Crippen molar-refractivity contribution in [2.75, 3.05) is 11.9 Å². The van der Waals surface area contributed by atoms with Crippen LogP contribution < -0.4 is 15.4 Å². The van der Waals surface area contributed by atoms with Gasteiger partial charge in [-0.15, -0.1) is 0 Å². The lowest BCUT2D eigenvalue weighted by Gasteiger charge is -2.09. The van der Waals surface area contributed by atoms with Crippen LogP contribution in [-0.4, -0.2) is 32.7 Å². The normalized spacial score (nSPS) is 10.4. The van der Waals surface area contributed by atoms with Crippen LogP contribution in [0, 0.1) is 10.1 Å². The number of benzene rings is 3. The summed E-state index contributed by atoms with van der Waals surface area (Å²) in [6.45, 7) is 0.369. The smallest absolute Gasteiger partial charge is 0.319 e. The number of nitrogens with one attached hydrogen (secondary N) is 3. The molecule has 4 aromatic rings. The van der Waals surface area contributed by atoms with Crippen LogP contribution >= 0.6 is 0 Å². The first-order valence-electron chi connectivity index (χ1n) is 10.1. The molecule has 10 heteroatoms. The number of non-ortho nitro benzene ring substituents is 1. The number of nitrogens with zero attached hydrogens (tertiary/aromatic N) is 3. The predicted molar refractivity (Wildman–Crippen MR) is 122 cm³/mol. The Labute approximate surface area is 188 Å². The van der Waals surface area contributed by atoms with E-state index in [9.17, 15) is 14.9 Å². The number of rotatable bonds is 8. The number of carbonyl (C=O) groups excluding carboxylic acids is 1. The van der Waals surface area contributed by atoms with Crippen molar-refractivity contribution in [2.24, 2.45) is 0 Å². The van der Waals surface area contributed by atoms with Crippen molar-refractivity contribution in [3.8, 4) is 22.9 Å². The Kier molecular flexibility index (Phi) is 6.55. The minimum atomic E-state index is -0.475. The number of nitro benzene ring substituents is 1. The van der Waals surface area contributed by atoms with Gasteiger partial charge in [-0.2, -0.15) is 5.10 Å². The fourth-order valence-corrected chi connectivity index (χ4v) is 3.00. The van der Waals surface area contributed by atoms with Crippen molar-refractivity contribution >= 4 is 17.4 Å². The van der Waals surface area contributed by atoms with Gasteiger partial charge >= 0.3 is 6.03 Å². The molecular formula is C23H20N6O4. The number of urea groups is 1. The number of hydrogen-bond acceptors (Lipinski definition) is 6. The average molecular weight is 444 g/mol. The maximum absolute atomic E-state index is 12.2. The Balaban J connectivity index is 1.26. The zero-order chi connectivity index (χ0) is 23.0. The molecule has 2 amide bonds. The molecule has 33 heavy (non-hydrogen) atoms. The predicted octanol–water partition coefficient (Wildman–Crippen LogP) is 4.54. The molecule has 0 aliphatic rings. The summed E-state index contributed by atoms with van der Waals surface area (Å²) in [5, 5.41) is 23.3. The molecule has 0 atom stereocenters. The molecule has 10 nitrogen and oxygen atoms in total. The molecule has 0 aliphatic heterocycles. The quantitative estimate of drug-likeness (QED) is 0.270. The van der Waals surface area contributed by atoms with Gasteiger partial charge in [-0.25, -0.2) is 9.78 Å². The van der Waals surface area contributed by atoms with Gasteiger partial charge in [0.05, 0.1) is 4.92 Å². The molecule has 4 rings (SSSR count). The van der Waals surface area contributed by atoms with E-state index >= 15 is 0 Å². The lowest BCUT2D eigenvalue weighted by molar-refractivity contribution is -0.384. The number of nitro groups is 1. The molecule has 1 heterocycles. The second kappa shape index (κ2) is 10.1. The number of carbonyl (C=O) groups is 1. The molecule has 0 bridgehead atoms. The Morgan fingerprint density at radius 2 is 1.79 bits per heavy atom. The van der Waals surface area contributed by atoms with Gasteiger partial charge in [-0.05, 0) is 24.3 Å². The first-order valence-corrected chi connectivity index (χ1v) is 10.1. The van der Waals surface area contributed by atoms with Crippen LogP contribution in [0.5, 0.6) is 11.5 Å².